The fourth-order valence-electron chi connectivity index (χ4n) is 2.87. The van der Waals surface area contributed by atoms with Crippen LogP contribution in [-0.2, 0) is 16.0 Å². The summed E-state index contributed by atoms with van der Waals surface area (Å²) in [5.74, 6) is -0.765. The topological polar surface area (TPSA) is 55.4 Å². The first kappa shape index (κ1) is 18.4. The second kappa shape index (κ2) is 8.81. The Bertz CT molecular complexity index is 890. The quantitative estimate of drug-likeness (QED) is 0.680. The molecule has 0 spiro atoms. The Morgan fingerprint density at radius 3 is 1.96 bits per heavy atom. The molecular formula is C23H21NO3. The van der Waals surface area contributed by atoms with Crippen molar-refractivity contribution in [3.8, 4) is 11.1 Å². The molecule has 0 fully saturated rings. The van der Waals surface area contributed by atoms with Crippen molar-refractivity contribution in [1.82, 2.24) is 5.32 Å². The molecule has 1 atom stereocenters. The monoisotopic (exact) mass is 359 g/mol. The van der Waals surface area contributed by atoms with E-state index in [1.54, 1.807) is 24.3 Å². The van der Waals surface area contributed by atoms with Gasteiger partial charge in [0.25, 0.3) is 5.91 Å². The summed E-state index contributed by atoms with van der Waals surface area (Å²) < 4.78 is 4.86. The first-order valence-electron chi connectivity index (χ1n) is 8.75. The number of hydrogen-bond acceptors (Lipinski definition) is 3. The predicted molar refractivity (Wildman–Crippen MR) is 105 cm³/mol. The van der Waals surface area contributed by atoms with Crippen molar-refractivity contribution in [2.24, 2.45) is 0 Å². The van der Waals surface area contributed by atoms with E-state index >= 15 is 0 Å². The van der Waals surface area contributed by atoms with Gasteiger partial charge in [-0.15, -0.1) is 0 Å². The molecule has 3 rings (SSSR count). The molecule has 0 aliphatic carbocycles. The van der Waals surface area contributed by atoms with Crippen LogP contribution in [0.15, 0.2) is 84.9 Å². The smallest absolute Gasteiger partial charge is 0.328 e. The molecule has 0 bridgehead atoms. The minimum Gasteiger partial charge on any atom is -0.467 e. The Morgan fingerprint density at radius 1 is 0.815 bits per heavy atom. The van der Waals surface area contributed by atoms with Gasteiger partial charge in [0, 0.05) is 12.0 Å². The number of esters is 1. The van der Waals surface area contributed by atoms with Crippen molar-refractivity contribution >= 4 is 11.9 Å². The highest BCUT2D eigenvalue weighted by molar-refractivity contribution is 5.96. The molecule has 0 radical (unpaired) electrons. The summed E-state index contributed by atoms with van der Waals surface area (Å²) >= 11 is 0. The van der Waals surface area contributed by atoms with E-state index < -0.39 is 12.0 Å². The normalized spacial score (nSPS) is 11.4. The number of hydrogen-bond donors (Lipinski definition) is 1. The van der Waals surface area contributed by atoms with Gasteiger partial charge in [-0.3, -0.25) is 4.79 Å². The summed E-state index contributed by atoms with van der Waals surface area (Å²) in [6.07, 6.45) is 0.361. The van der Waals surface area contributed by atoms with Crippen LogP contribution >= 0.6 is 0 Å². The molecule has 0 aromatic heterocycles. The lowest BCUT2D eigenvalue weighted by Crippen LogP contribution is -2.43. The molecule has 3 aromatic rings. The maximum absolute atomic E-state index is 12.4. The Hall–Kier alpha value is -3.40. The molecule has 4 nitrogen and oxygen atoms in total. The molecule has 3 aromatic carbocycles. The summed E-state index contributed by atoms with van der Waals surface area (Å²) in [6, 6.07) is 26.1. The van der Waals surface area contributed by atoms with Crippen molar-refractivity contribution < 1.29 is 14.3 Å². The lowest BCUT2D eigenvalue weighted by atomic mass is 10.0. The molecule has 1 unspecified atom stereocenters. The van der Waals surface area contributed by atoms with E-state index in [1.165, 1.54) is 7.11 Å². The zero-order chi connectivity index (χ0) is 19.1. The molecule has 0 aliphatic heterocycles. The number of rotatable bonds is 6. The summed E-state index contributed by atoms with van der Waals surface area (Å²) in [6.45, 7) is 0. The molecule has 0 saturated carbocycles. The Labute approximate surface area is 158 Å². The zero-order valence-corrected chi connectivity index (χ0v) is 15.1. The van der Waals surface area contributed by atoms with Gasteiger partial charge in [0.15, 0.2) is 0 Å². The van der Waals surface area contributed by atoms with E-state index in [2.05, 4.69) is 5.32 Å². The summed E-state index contributed by atoms with van der Waals surface area (Å²) in [7, 11) is 1.32. The van der Waals surface area contributed by atoms with E-state index in [0.717, 1.165) is 16.7 Å². The average Bonchev–Trinajstić information content (AvgIpc) is 2.74. The Balaban J connectivity index is 1.73. The molecule has 0 aliphatic rings. The van der Waals surface area contributed by atoms with Crippen LogP contribution in [0, 0.1) is 0 Å². The van der Waals surface area contributed by atoms with Crippen LogP contribution in [0.1, 0.15) is 15.9 Å². The van der Waals surface area contributed by atoms with Crippen LogP contribution in [0.2, 0.25) is 0 Å². The third-order valence-corrected chi connectivity index (χ3v) is 4.33. The minimum absolute atomic E-state index is 0.299. The predicted octanol–water partition coefficient (Wildman–Crippen LogP) is 3.87. The number of ether oxygens (including phenoxy) is 1. The second-order valence-electron chi connectivity index (χ2n) is 6.18. The summed E-state index contributed by atoms with van der Waals surface area (Å²) in [4.78, 5) is 24.5. The van der Waals surface area contributed by atoms with Crippen LogP contribution in [0.5, 0.6) is 0 Å². The molecule has 27 heavy (non-hydrogen) atoms. The lowest BCUT2D eigenvalue weighted by molar-refractivity contribution is -0.142. The van der Waals surface area contributed by atoms with E-state index in [-0.39, 0.29) is 5.91 Å². The third-order valence-electron chi connectivity index (χ3n) is 4.33. The van der Waals surface area contributed by atoms with Gasteiger partial charge in [-0.05, 0) is 28.8 Å². The van der Waals surface area contributed by atoms with E-state index in [9.17, 15) is 9.59 Å². The van der Waals surface area contributed by atoms with Crippen LogP contribution in [0.25, 0.3) is 11.1 Å². The Kier molecular flexibility index (Phi) is 6.00. The van der Waals surface area contributed by atoms with Crippen LogP contribution in [0.4, 0.5) is 0 Å². The van der Waals surface area contributed by atoms with E-state index in [0.29, 0.717) is 12.0 Å². The highest BCUT2D eigenvalue weighted by Gasteiger charge is 2.22. The number of benzene rings is 3. The minimum atomic E-state index is -0.745. The third kappa shape index (κ3) is 4.82. The van der Waals surface area contributed by atoms with Gasteiger partial charge in [0.1, 0.15) is 6.04 Å². The van der Waals surface area contributed by atoms with Gasteiger partial charge in [-0.25, -0.2) is 4.79 Å². The molecule has 1 amide bonds. The molecule has 4 heteroatoms. The number of carbonyl (C=O) groups is 2. The van der Waals surface area contributed by atoms with Crippen LogP contribution in [0.3, 0.4) is 0 Å². The van der Waals surface area contributed by atoms with Gasteiger partial charge in [-0.1, -0.05) is 72.8 Å². The van der Waals surface area contributed by atoms with Crippen molar-refractivity contribution in [3.05, 3.63) is 96.1 Å². The van der Waals surface area contributed by atoms with Crippen LogP contribution < -0.4 is 5.32 Å². The molecular weight excluding hydrogens is 338 g/mol. The fourth-order valence-corrected chi connectivity index (χ4v) is 2.87. The first-order chi connectivity index (χ1) is 13.2. The SMILES string of the molecule is COC(=O)C(Cc1ccc(-c2ccccc2)cc1)NC(=O)c1ccccc1. The highest BCUT2D eigenvalue weighted by atomic mass is 16.5. The van der Waals surface area contributed by atoms with Crippen molar-refractivity contribution in [1.29, 1.82) is 0 Å². The van der Waals surface area contributed by atoms with E-state index in [4.69, 9.17) is 4.74 Å². The molecule has 0 heterocycles. The van der Waals surface area contributed by atoms with Crippen LogP contribution in [-0.4, -0.2) is 25.0 Å². The second-order valence-corrected chi connectivity index (χ2v) is 6.18. The fraction of sp³-hybridized carbons (Fsp3) is 0.130. The standard InChI is InChI=1S/C23H21NO3/c1-27-23(26)21(24-22(25)20-10-6-3-7-11-20)16-17-12-14-19(15-13-17)18-8-4-2-5-9-18/h2-15,21H,16H2,1H3,(H,24,25). The summed E-state index contributed by atoms with van der Waals surface area (Å²) in [5.41, 5.74) is 3.68. The summed E-state index contributed by atoms with van der Waals surface area (Å²) in [5, 5.41) is 2.77. The average molecular weight is 359 g/mol. The molecule has 1 N–H and O–H groups in total. The highest BCUT2D eigenvalue weighted by Crippen LogP contribution is 2.20. The lowest BCUT2D eigenvalue weighted by Gasteiger charge is -2.17. The van der Waals surface area contributed by atoms with Crippen molar-refractivity contribution in [2.75, 3.05) is 7.11 Å². The molecule has 0 saturated heterocycles. The largest absolute Gasteiger partial charge is 0.467 e. The van der Waals surface area contributed by atoms with Gasteiger partial charge in [0.05, 0.1) is 7.11 Å². The van der Waals surface area contributed by atoms with Gasteiger partial charge >= 0.3 is 5.97 Å². The maximum atomic E-state index is 12.4. The number of carbonyl (C=O) groups excluding carboxylic acids is 2. The zero-order valence-electron chi connectivity index (χ0n) is 15.1. The van der Waals surface area contributed by atoms with Gasteiger partial charge < -0.3 is 10.1 Å². The number of nitrogens with one attached hydrogen (secondary N) is 1. The van der Waals surface area contributed by atoms with Crippen molar-refractivity contribution in [3.63, 3.8) is 0 Å². The van der Waals surface area contributed by atoms with Gasteiger partial charge in [0.2, 0.25) is 0 Å². The van der Waals surface area contributed by atoms with Crippen molar-refractivity contribution in [2.45, 2.75) is 12.5 Å². The maximum Gasteiger partial charge on any atom is 0.328 e. The first-order valence-corrected chi connectivity index (χ1v) is 8.75. The number of methoxy groups -OCH3 is 1. The number of amides is 1. The van der Waals surface area contributed by atoms with E-state index in [1.807, 2.05) is 60.7 Å². The molecule has 136 valence electrons. The van der Waals surface area contributed by atoms with Gasteiger partial charge in [-0.2, -0.15) is 0 Å². The Morgan fingerprint density at radius 2 is 1.37 bits per heavy atom.